The number of rotatable bonds is 4. The molecule has 6 heteroatoms. The van der Waals surface area contributed by atoms with Gasteiger partial charge >= 0.3 is 5.63 Å². The van der Waals surface area contributed by atoms with E-state index in [1.807, 2.05) is 42.2 Å². The van der Waals surface area contributed by atoms with Crippen LogP contribution in [0.3, 0.4) is 0 Å². The molecule has 0 saturated heterocycles. The van der Waals surface area contributed by atoms with Crippen molar-refractivity contribution in [2.75, 3.05) is 25.9 Å². The van der Waals surface area contributed by atoms with Crippen molar-refractivity contribution >= 4 is 16.7 Å². The van der Waals surface area contributed by atoms with Gasteiger partial charge in [-0.2, -0.15) is 0 Å². The number of aryl methyl sites for hydroxylation is 1. The third-order valence-corrected chi connectivity index (χ3v) is 4.89. The molecule has 0 aliphatic carbocycles. The summed E-state index contributed by atoms with van der Waals surface area (Å²) in [5, 5.41) is 0.943. The first-order valence-corrected chi connectivity index (χ1v) is 8.83. The van der Waals surface area contributed by atoms with E-state index in [1.54, 1.807) is 20.3 Å². The first-order chi connectivity index (χ1) is 13.1. The monoisotopic (exact) mass is 367 g/mol. The van der Waals surface area contributed by atoms with Crippen LogP contribution in [0, 0.1) is 0 Å². The highest BCUT2D eigenvalue weighted by molar-refractivity contribution is 5.86. The Labute approximate surface area is 156 Å². The smallest absolute Gasteiger partial charge is 0.336 e. The van der Waals surface area contributed by atoms with Gasteiger partial charge in [0, 0.05) is 17.5 Å². The van der Waals surface area contributed by atoms with E-state index < -0.39 is 0 Å². The van der Waals surface area contributed by atoms with Crippen LogP contribution in [0.1, 0.15) is 18.1 Å². The lowest BCUT2D eigenvalue weighted by Crippen LogP contribution is -2.32. The van der Waals surface area contributed by atoms with Gasteiger partial charge in [-0.15, -0.1) is 0 Å². The zero-order valence-electron chi connectivity index (χ0n) is 15.6. The van der Waals surface area contributed by atoms with Crippen molar-refractivity contribution in [1.29, 1.82) is 0 Å². The zero-order valence-corrected chi connectivity index (χ0v) is 15.6. The van der Waals surface area contributed by atoms with Gasteiger partial charge in [0.05, 0.1) is 32.0 Å². The van der Waals surface area contributed by atoms with Crippen molar-refractivity contribution in [3.8, 4) is 17.2 Å². The minimum atomic E-state index is -0.344. The Balaban J connectivity index is 1.83. The van der Waals surface area contributed by atoms with E-state index in [0.717, 1.165) is 45.9 Å². The summed E-state index contributed by atoms with van der Waals surface area (Å²) in [4.78, 5) is 14.1. The molecule has 4 rings (SSSR count). The van der Waals surface area contributed by atoms with Gasteiger partial charge in [0.2, 0.25) is 0 Å². The molecule has 0 radical (unpaired) electrons. The van der Waals surface area contributed by atoms with Gasteiger partial charge in [0.25, 0.3) is 0 Å². The summed E-state index contributed by atoms with van der Waals surface area (Å²) in [6, 6.07) is 11.1. The first kappa shape index (κ1) is 17.3. The Hall–Kier alpha value is -3.15. The number of hydrogen-bond acceptors (Lipinski definition) is 6. The van der Waals surface area contributed by atoms with Crippen LogP contribution >= 0.6 is 0 Å². The van der Waals surface area contributed by atoms with Crippen LogP contribution in [0.2, 0.25) is 0 Å². The predicted molar refractivity (Wildman–Crippen MR) is 103 cm³/mol. The quantitative estimate of drug-likeness (QED) is 0.655. The van der Waals surface area contributed by atoms with E-state index >= 15 is 0 Å². The molecule has 0 amide bonds. The SMILES string of the molecule is CCc1cc(=O)oc2c3c(ccc12)OCN(c1cc(OC)ccc1OC)C3. The number of methoxy groups -OCH3 is 2. The second kappa shape index (κ2) is 6.87. The molecule has 27 heavy (non-hydrogen) atoms. The van der Waals surface area contributed by atoms with E-state index in [4.69, 9.17) is 18.6 Å². The van der Waals surface area contributed by atoms with Crippen LogP contribution in [0.15, 0.2) is 45.6 Å². The van der Waals surface area contributed by atoms with Crippen LogP contribution in [0.5, 0.6) is 17.2 Å². The molecule has 0 saturated carbocycles. The maximum absolute atomic E-state index is 12.0. The Kier molecular flexibility index (Phi) is 4.39. The van der Waals surface area contributed by atoms with Crippen molar-refractivity contribution in [1.82, 2.24) is 0 Å². The lowest BCUT2D eigenvalue weighted by atomic mass is 10.0. The van der Waals surface area contributed by atoms with Crippen LogP contribution in [0.25, 0.3) is 11.0 Å². The molecule has 6 nitrogen and oxygen atoms in total. The number of ether oxygens (including phenoxy) is 3. The fourth-order valence-electron chi connectivity index (χ4n) is 3.49. The van der Waals surface area contributed by atoms with E-state index in [-0.39, 0.29) is 5.63 Å². The Morgan fingerprint density at radius 1 is 1.11 bits per heavy atom. The lowest BCUT2D eigenvalue weighted by Gasteiger charge is -2.32. The standard InChI is InChI=1S/C21H21NO5/c1-4-13-9-20(23)27-21-15(13)6-8-18-16(21)11-22(12-26-18)17-10-14(24-2)5-7-19(17)25-3/h5-10H,4,11-12H2,1-3H3. The summed E-state index contributed by atoms with van der Waals surface area (Å²) in [7, 11) is 3.26. The molecule has 1 aliphatic rings. The molecular formula is C21H21NO5. The molecule has 2 heterocycles. The van der Waals surface area contributed by atoms with E-state index in [1.165, 1.54) is 0 Å². The van der Waals surface area contributed by atoms with Gasteiger partial charge in [-0.1, -0.05) is 6.92 Å². The van der Waals surface area contributed by atoms with Gasteiger partial charge in [-0.25, -0.2) is 4.79 Å². The molecule has 1 aromatic heterocycles. The number of anilines is 1. The minimum Gasteiger partial charge on any atom is -0.497 e. The van der Waals surface area contributed by atoms with Crippen molar-refractivity contribution in [3.05, 3.63) is 57.9 Å². The van der Waals surface area contributed by atoms with E-state index in [9.17, 15) is 4.79 Å². The summed E-state index contributed by atoms with van der Waals surface area (Å²) in [6.45, 7) is 2.92. The first-order valence-electron chi connectivity index (χ1n) is 8.83. The molecule has 2 aromatic carbocycles. The summed E-state index contributed by atoms with van der Waals surface area (Å²) >= 11 is 0. The number of benzene rings is 2. The lowest BCUT2D eigenvalue weighted by molar-refractivity contribution is 0.286. The summed E-state index contributed by atoms with van der Waals surface area (Å²) in [5.41, 5.74) is 2.93. The van der Waals surface area contributed by atoms with Crippen molar-refractivity contribution in [3.63, 3.8) is 0 Å². The average Bonchev–Trinajstić information content (AvgIpc) is 2.72. The van der Waals surface area contributed by atoms with Gasteiger partial charge in [0.1, 0.15) is 22.8 Å². The zero-order chi connectivity index (χ0) is 19.0. The average molecular weight is 367 g/mol. The summed E-state index contributed by atoms with van der Waals surface area (Å²) in [6.07, 6.45) is 0.759. The molecule has 0 N–H and O–H groups in total. The normalized spacial score (nSPS) is 13.2. The molecule has 0 spiro atoms. The maximum atomic E-state index is 12.0. The fourth-order valence-corrected chi connectivity index (χ4v) is 3.49. The highest BCUT2D eigenvalue weighted by Gasteiger charge is 2.24. The van der Waals surface area contributed by atoms with Crippen LogP contribution < -0.4 is 24.7 Å². The maximum Gasteiger partial charge on any atom is 0.336 e. The molecular weight excluding hydrogens is 346 g/mol. The number of fused-ring (bicyclic) bond motifs is 3. The van der Waals surface area contributed by atoms with Gasteiger partial charge in [0.15, 0.2) is 6.73 Å². The minimum absolute atomic E-state index is 0.344. The third kappa shape index (κ3) is 2.97. The second-order valence-electron chi connectivity index (χ2n) is 6.37. The van der Waals surface area contributed by atoms with Crippen molar-refractivity contribution in [2.45, 2.75) is 19.9 Å². The number of nitrogens with zero attached hydrogens (tertiary/aromatic N) is 1. The highest BCUT2D eigenvalue weighted by Crippen LogP contribution is 2.38. The molecule has 1 aliphatic heterocycles. The molecule has 0 fully saturated rings. The van der Waals surface area contributed by atoms with Gasteiger partial charge in [-0.05, 0) is 36.2 Å². The van der Waals surface area contributed by atoms with Crippen molar-refractivity contribution < 1.29 is 18.6 Å². The topological polar surface area (TPSA) is 61.1 Å². The Bertz CT molecular complexity index is 1060. The Morgan fingerprint density at radius 2 is 1.96 bits per heavy atom. The van der Waals surface area contributed by atoms with Crippen LogP contribution in [0.4, 0.5) is 5.69 Å². The number of hydrogen-bond donors (Lipinski definition) is 0. The predicted octanol–water partition coefficient (Wildman–Crippen LogP) is 3.73. The van der Waals surface area contributed by atoms with Gasteiger partial charge < -0.3 is 23.5 Å². The third-order valence-electron chi connectivity index (χ3n) is 4.89. The van der Waals surface area contributed by atoms with Crippen molar-refractivity contribution in [2.24, 2.45) is 0 Å². The summed E-state index contributed by atoms with van der Waals surface area (Å²) < 4.78 is 22.4. The van der Waals surface area contributed by atoms with Crippen LogP contribution in [-0.4, -0.2) is 21.0 Å². The summed E-state index contributed by atoms with van der Waals surface area (Å²) in [5.74, 6) is 2.19. The molecule has 140 valence electrons. The molecule has 0 atom stereocenters. The second-order valence-corrected chi connectivity index (χ2v) is 6.37. The fraction of sp³-hybridized carbons (Fsp3) is 0.286. The van der Waals surface area contributed by atoms with E-state index in [2.05, 4.69) is 0 Å². The molecule has 0 bridgehead atoms. The molecule has 3 aromatic rings. The van der Waals surface area contributed by atoms with E-state index in [0.29, 0.717) is 18.9 Å². The largest absolute Gasteiger partial charge is 0.497 e. The Morgan fingerprint density at radius 3 is 2.70 bits per heavy atom. The molecule has 0 unspecified atom stereocenters. The van der Waals surface area contributed by atoms with Gasteiger partial charge in [-0.3, -0.25) is 0 Å². The highest BCUT2D eigenvalue weighted by atomic mass is 16.5. The van der Waals surface area contributed by atoms with Crippen LogP contribution in [-0.2, 0) is 13.0 Å².